The highest BCUT2D eigenvalue weighted by Gasteiger charge is 2.30. The van der Waals surface area contributed by atoms with Crippen molar-refractivity contribution in [2.45, 2.75) is 25.7 Å². The molecule has 0 aliphatic rings. The van der Waals surface area contributed by atoms with E-state index in [0.717, 1.165) is 42.1 Å². The van der Waals surface area contributed by atoms with Crippen LogP contribution in [0.2, 0.25) is 0 Å². The molecule has 0 unspecified atom stereocenters. The molecule has 0 amide bonds. The molecule has 0 aliphatic carbocycles. The van der Waals surface area contributed by atoms with Gasteiger partial charge in [-0.2, -0.15) is 13.2 Å². The fourth-order valence-corrected chi connectivity index (χ4v) is 3.30. The minimum Gasteiger partial charge on any atom is -0.494 e. The average molecular weight is 467 g/mol. The van der Waals surface area contributed by atoms with Crippen LogP contribution in [-0.2, 0) is 19.3 Å². The maximum atomic E-state index is 12.8. The number of nitrogens with one attached hydrogen (secondary N) is 1. The Hall–Kier alpha value is -3.94. The third-order valence-electron chi connectivity index (χ3n) is 5.09. The quantitative estimate of drug-likeness (QED) is 0.261. The summed E-state index contributed by atoms with van der Waals surface area (Å²) < 4.78 is 51.9. The zero-order chi connectivity index (χ0) is 23.8. The molecule has 34 heavy (non-hydrogen) atoms. The number of halogens is 3. The second kappa shape index (κ2) is 10.8. The van der Waals surface area contributed by atoms with Gasteiger partial charge in [-0.15, -0.1) is 0 Å². The number of para-hydroxylation sites is 2. The number of hydrogen-bond donors (Lipinski definition) is 1. The van der Waals surface area contributed by atoms with Crippen molar-refractivity contribution < 1.29 is 22.6 Å². The number of aryl methyl sites for hydroxylation is 1. The second-order valence-electron chi connectivity index (χ2n) is 7.62. The van der Waals surface area contributed by atoms with Crippen molar-refractivity contribution in [3.63, 3.8) is 0 Å². The molecule has 5 nitrogen and oxygen atoms in total. The molecule has 0 radical (unpaired) electrons. The van der Waals surface area contributed by atoms with Crippen molar-refractivity contribution in [2.75, 3.05) is 11.9 Å². The molecule has 1 aromatic heterocycles. The summed E-state index contributed by atoms with van der Waals surface area (Å²) in [6, 6.07) is 19.8. The molecule has 3 aromatic carbocycles. The Bertz CT molecular complexity index is 1160. The molecule has 0 bridgehead atoms. The van der Waals surface area contributed by atoms with Gasteiger partial charge in [0, 0.05) is 25.5 Å². The largest absolute Gasteiger partial charge is 0.494 e. The molecule has 0 atom stereocenters. The van der Waals surface area contributed by atoms with E-state index in [1.807, 2.05) is 53.2 Å². The molecule has 0 aliphatic heterocycles. The first kappa shape index (κ1) is 23.2. The number of anilines is 1. The third-order valence-corrected chi connectivity index (χ3v) is 5.09. The van der Waals surface area contributed by atoms with Crippen LogP contribution >= 0.6 is 0 Å². The van der Waals surface area contributed by atoms with Gasteiger partial charge in [-0.05, 0) is 60.5 Å². The van der Waals surface area contributed by atoms with E-state index in [9.17, 15) is 13.2 Å². The highest BCUT2D eigenvalue weighted by molar-refractivity contribution is 5.57. The Labute approximate surface area is 195 Å². The molecule has 1 heterocycles. The van der Waals surface area contributed by atoms with Crippen molar-refractivity contribution in [3.05, 3.63) is 103 Å². The summed E-state index contributed by atoms with van der Waals surface area (Å²) >= 11 is 0. The van der Waals surface area contributed by atoms with Crippen LogP contribution in [-0.4, -0.2) is 16.2 Å². The molecule has 0 spiro atoms. The summed E-state index contributed by atoms with van der Waals surface area (Å²) in [6.45, 7) is 2.02. The lowest BCUT2D eigenvalue weighted by atomic mass is 10.2. The number of imidazole rings is 1. The third kappa shape index (κ3) is 6.54. The number of alkyl halides is 3. The van der Waals surface area contributed by atoms with E-state index in [1.54, 1.807) is 18.6 Å². The normalized spacial score (nSPS) is 11.3. The second-order valence-corrected chi connectivity index (χ2v) is 7.62. The molecule has 0 saturated carbocycles. The van der Waals surface area contributed by atoms with Crippen molar-refractivity contribution in [1.29, 1.82) is 0 Å². The number of nitrogens with zero attached hydrogens (tertiary/aromatic N) is 2. The van der Waals surface area contributed by atoms with Crippen LogP contribution in [0.5, 0.6) is 17.2 Å². The van der Waals surface area contributed by atoms with Crippen LogP contribution in [0.25, 0.3) is 0 Å². The van der Waals surface area contributed by atoms with E-state index in [4.69, 9.17) is 9.47 Å². The summed E-state index contributed by atoms with van der Waals surface area (Å²) in [4.78, 5) is 4.02. The van der Waals surface area contributed by atoms with Gasteiger partial charge < -0.3 is 19.4 Å². The van der Waals surface area contributed by atoms with Gasteiger partial charge >= 0.3 is 6.18 Å². The van der Waals surface area contributed by atoms with Gasteiger partial charge in [0.05, 0.1) is 24.2 Å². The molecule has 4 aromatic rings. The monoisotopic (exact) mass is 467 g/mol. The lowest BCUT2D eigenvalue weighted by Crippen LogP contribution is -2.04. The van der Waals surface area contributed by atoms with Gasteiger partial charge in [-0.25, -0.2) is 4.98 Å². The summed E-state index contributed by atoms with van der Waals surface area (Å²) in [5.74, 6) is 1.66. The molecule has 0 fully saturated rings. The summed E-state index contributed by atoms with van der Waals surface area (Å²) in [7, 11) is 0. The smallest absolute Gasteiger partial charge is 0.416 e. The average Bonchev–Trinajstić information content (AvgIpc) is 3.35. The van der Waals surface area contributed by atoms with Crippen LogP contribution in [0.3, 0.4) is 0 Å². The molecule has 0 saturated heterocycles. The number of hydrogen-bond acceptors (Lipinski definition) is 4. The highest BCUT2D eigenvalue weighted by atomic mass is 19.4. The van der Waals surface area contributed by atoms with Gasteiger partial charge in [0.2, 0.25) is 0 Å². The summed E-state index contributed by atoms with van der Waals surface area (Å²) in [5, 5.41) is 3.32. The maximum absolute atomic E-state index is 12.8. The summed E-state index contributed by atoms with van der Waals surface area (Å²) in [5.41, 5.74) is 1.08. The SMILES string of the molecule is FC(F)(F)c1ccc(Oc2ccccc2NCc2ccc(OCCCn3ccnc3)cc2)cc1. The van der Waals surface area contributed by atoms with E-state index >= 15 is 0 Å². The standard InChI is InChI=1S/C26H24F3N3O2/c27-26(28,29)21-8-12-23(13-9-21)34-25-5-2-1-4-24(25)31-18-20-6-10-22(11-7-20)33-17-3-15-32-16-14-30-19-32/h1-2,4-14,16,19,31H,3,15,17-18H2. The van der Waals surface area contributed by atoms with Crippen LogP contribution in [0.15, 0.2) is 91.5 Å². The van der Waals surface area contributed by atoms with E-state index in [0.29, 0.717) is 24.7 Å². The first-order chi connectivity index (χ1) is 16.5. The first-order valence-corrected chi connectivity index (χ1v) is 10.8. The molecule has 8 heteroatoms. The zero-order valence-electron chi connectivity index (χ0n) is 18.3. The summed E-state index contributed by atoms with van der Waals surface area (Å²) in [6.07, 6.45) is 1.98. The number of aromatic nitrogens is 2. The van der Waals surface area contributed by atoms with Crippen molar-refractivity contribution in [1.82, 2.24) is 9.55 Å². The van der Waals surface area contributed by atoms with Crippen molar-refractivity contribution >= 4 is 5.69 Å². The fourth-order valence-electron chi connectivity index (χ4n) is 3.30. The minimum absolute atomic E-state index is 0.330. The van der Waals surface area contributed by atoms with Crippen LogP contribution in [0.4, 0.5) is 18.9 Å². The Balaban J connectivity index is 1.29. The topological polar surface area (TPSA) is 48.3 Å². The Morgan fingerprint density at radius 3 is 2.32 bits per heavy atom. The minimum atomic E-state index is -4.38. The van der Waals surface area contributed by atoms with E-state index in [-0.39, 0.29) is 0 Å². The van der Waals surface area contributed by atoms with Gasteiger partial charge in [-0.3, -0.25) is 0 Å². The lowest BCUT2D eigenvalue weighted by Gasteiger charge is -2.14. The number of benzene rings is 3. The van der Waals surface area contributed by atoms with E-state index in [1.165, 1.54) is 12.1 Å². The van der Waals surface area contributed by atoms with Gasteiger partial charge in [-0.1, -0.05) is 24.3 Å². The molecular weight excluding hydrogens is 443 g/mol. The Morgan fingerprint density at radius 1 is 0.882 bits per heavy atom. The van der Waals surface area contributed by atoms with Crippen molar-refractivity contribution in [3.8, 4) is 17.2 Å². The molecule has 4 rings (SSSR count). The zero-order valence-corrected chi connectivity index (χ0v) is 18.3. The number of ether oxygens (including phenoxy) is 2. The Kier molecular flexibility index (Phi) is 7.37. The lowest BCUT2D eigenvalue weighted by molar-refractivity contribution is -0.137. The van der Waals surface area contributed by atoms with Gasteiger partial charge in [0.25, 0.3) is 0 Å². The molecule has 176 valence electrons. The van der Waals surface area contributed by atoms with E-state index < -0.39 is 11.7 Å². The van der Waals surface area contributed by atoms with Gasteiger partial charge in [0.15, 0.2) is 5.75 Å². The maximum Gasteiger partial charge on any atom is 0.416 e. The van der Waals surface area contributed by atoms with Crippen LogP contribution in [0.1, 0.15) is 17.5 Å². The predicted molar refractivity (Wildman–Crippen MR) is 124 cm³/mol. The van der Waals surface area contributed by atoms with Crippen LogP contribution < -0.4 is 14.8 Å². The number of rotatable bonds is 10. The first-order valence-electron chi connectivity index (χ1n) is 10.8. The Morgan fingerprint density at radius 2 is 1.62 bits per heavy atom. The van der Waals surface area contributed by atoms with Crippen molar-refractivity contribution in [2.24, 2.45) is 0 Å². The highest BCUT2D eigenvalue weighted by Crippen LogP contribution is 2.33. The van der Waals surface area contributed by atoms with Gasteiger partial charge in [0.1, 0.15) is 11.5 Å². The predicted octanol–water partition coefficient (Wildman–Crippen LogP) is 6.78. The molecule has 1 N–H and O–H groups in total. The molecular formula is C26H24F3N3O2. The fraction of sp³-hybridized carbons (Fsp3) is 0.192. The van der Waals surface area contributed by atoms with E-state index in [2.05, 4.69) is 10.3 Å². The van der Waals surface area contributed by atoms with Crippen LogP contribution in [0, 0.1) is 0 Å².